The summed E-state index contributed by atoms with van der Waals surface area (Å²) in [5.74, 6) is 0. The van der Waals surface area contributed by atoms with Crippen LogP contribution in [-0.2, 0) is 13.5 Å². The van der Waals surface area contributed by atoms with Gasteiger partial charge in [0.25, 0.3) is 0 Å². The number of hydrogen-bond donors (Lipinski definition) is 0. The Labute approximate surface area is 63.6 Å². The molecule has 0 aliphatic heterocycles. The molecule has 0 heterocycles. The second kappa shape index (κ2) is 5.55. The first-order valence-corrected chi connectivity index (χ1v) is 1.75. The molecule has 0 rings (SSSR count). The third kappa shape index (κ3) is 96900. The maximum absolute atomic E-state index is 9.75. The first kappa shape index (κ1) is 17.1. The zero-order valence-corrected chi connectivity index (χ0v) is 6.30. The molecule has 72 valence electrons. The predicted molar refractivity (Wildman–Crippen MR) is 33.3 cm³/mol. The summed E-state index contributed by atoms with van der Waals surface area (Å²) in [6.07, 6.45) is 0. The van der Waals surface area contributed by atoms with Crippen LogP contribution in [0.3, 0.4) is 0 Å². The average molecular weight is 210 g/mol. The molecule has 0 aromatic carbocycles. The molecule has 0 aromatic rings. The minimum absolute atomic E-state index is 0. The van der Waals surface area contributed by atoms with Gasteiger partial charge in [-0.05, 0) is 0 Å². The summed E-state index contributed by atoms with van der Waals surface area (Å²) in [4.78, 5) is 0. The van der Waals surface area contributed by atoms with Gasteiger partial charge in [0.05, 0.1) is 0 Å². The lowest BCUT2D eigenvalue weighted by atomic mass is 10.3. The largest absolute Gasteiger partial charge is 0.673 e. The second-order valence-electron chi connectivity index (χ2n) is 0.990. The molecule has 0 spiro atoms. The van der Waals surface area contributed by atoms with Crippen LogP contribution in [0.5, 0.6) is 0 Å². The van der Waals surface area contributed by atoms with E-state index in [0.717, 1.165) is 0 Å². The van der Waals surface area contributed by atoms with Crippen molar-refractivity contribution in [1.82, 2.24) is 0 Å². The van der Waals surface area contributed by atoms with Gasteiger partial charge < -0.3 is 34.5 Å². The van der Waals surface area contributed by atoms with Crippen LogP contribution in [0.15, 0.2) is 0 Å². The SMILES string of the molecule is F[B-](F)(F)F.F[B-](F)(F)F.[SH4+2]. The van der Waals surface area contributed by atoms with Crippen LogP contribution in [-0.4, -0.2) is 14.5 Å². The summed E-state index contributed by atoms with van der Waals surface area (Å²) < 4.78 is 78.0. The fourth-order valence-electron chi connectivity index (χ4n) is 0. The standard InChI is InChI=1S/2BF4.H4S/c2*2-1(3,4)5;/h;;1H4/q2*-1;+2. The van der Waals surface area contributed by atoms with E-state index in [0.29, 0.717) is 0 Å². The molecule has 0 fully saturated rings. The van der Waals surface area contributed by atoms with Crippen LogP contribution >= 0.6 is 0 Å². The highest BCUT2D eigenvalue weighted by atomic mass is 32.1. The molecule has 11 heavy (non-hydrogen) atoms. The van der Waals surface area contributed by atoms with E-state index in [-0.39, 0.29) is 13.5 Å². The first-order valence-electron chi connectivity index (χ1n) is 1.75. The van der Waals surface area contributed by atoms with Crippen LogP contribution in [0.4, 0.5) is 34.5 Å². The molecule has 0 saturated carbocycles. The van der Waals surface area contributed by atoms with Crippen LogP contribution < -0.4 is 0 Å². The lowest BCUT2D eigenvalue weighted by molar-refractivity contribution is 0.366. The zero-order chi connectivity index (χ0) is 9.00. The molecule has 0 aromatic heterocycles. The number of rotatable bonds is 0. The van der Waals surface area contributed by atoms with E-state index in [9.17, 15) is 34.5 Å². The van der Waals surface area contributed by atoms with Gasteiger partial charge in [-0.2, -0.15) is 0 Å². The molecule has 0 N–H and O–H groups in total. The molecular weight excluding hydrogens is 206 g/mol. The maximum atomic E-state index is 9.75. The van der Waals surface area contributed by atoms with Crippen molar-refractivity contribution in [3.63, 3.8) is 0 Å². The Morgan fingerprint density at radius 1 is 0.455 bits per heavy atom. The van der Waals surface area contributed by atoms with E-state index >= 15 is 0 Å². The van der Waals surface area contributed by atoms with Gasteiger partial charge in [-0.1, -0.05) is 0 Å². The van der Waals surface area contributed by atoms with Gasteiger partial charge in [0, 0.05) is 0 Å². The van der Waals surface area contributed by atoms with Gasteiger partial charge in [-0.25, -0.2) is 13.5 Å². The van der Waals surface area contributed by atoms with Gasteiger partial charge in [-0.15, -0.1) is 0 Å². The van der Waals surface area contributed by atoms with E-state index in [1.165, 1.54) is 0 Å². The van der Waals surface area contributed by atoms with Crippen molar-refractivity contribution >= 4 is 28.0 Å². The lowest BCUT2D eigenvalue weighted by Gasteiger charge is -1.94. The lowest BCUT2D eigenvalue weighted by Crippen LogP contribution is -2.02. The second-order valence-corrected chi connectivity index (χ2v) is 0.990. The Morgan fingerprint density at radius 3 is 0.455 bits per heavy atom. The van der Waals surface area contributed by atoms with Crippen molar-refractivity contribution in [3.8, 4) is 0 Å². The maximum Gasteiger partial charge on any atom is 0.673 e. The fraction of sp³-hybridized carbons (Fsp3) is 0. The third-order valence-electron chi connectivity index (χ3n) is 0. The molecule has 0 amide bonds. The highest BCUT2D eigenvalue weighted by molar-refractivity contribution is 7.37. The Kier molecular flexibility index (Phi) is 8.65. The van der Waals surface area contributed by atoms with Crippen LogP contribution in [0.25, 0.3) is 0 Å². The van der Waals surface area contributed by atoms with Crippen LogP contribution in [0.2, 0.25) is 0 Å². The number of halogens is 8. The van der Waals surface area contributed by atoms with E-state index in [2.05, 4.69) is 0 Å². The predicted octanol–water partition coefficient (Wildman–Crippen LogP) is 1.53. The van der Waals surface area contributed by atoms with E-state index in [4.69, 9.17) is 0 Å². The molecule has 0 nitrogen and oxygen atoms in total. The molecule has 0 atom stereocenters. The zero-order valence-electron chi connectivity index (χ0n) is 4.89. The van der Waals surface area contributed by atoms with E-state index in [1.807, 2.05) is 0 Å². The Morgan fingerprint density at radius 2 is 0.455 bits per heavy atom. The monoisotopic (exact) mass is 210 g/mol. The smallest absolute Gasteiger partial charge is 0.418 e. The normalized spacial score (nSPS) is 10.9. The van der Waals surface area contributed by atoms with Crippen molar-refractivity contribution in [1.29, 1.82) is 0 Å². The highest BCUT2D eigenvalue weighted by Crippen LogP contribution is 2.07. The summed E-state index contributed by atoms with van der Waals surface area (Å²) in [6.45, 7) is 0. The quantitative estimate of drug-likeness (QED) is 0.419. The molecule has 11 heteroatoms. The summed E-state index contributed by atoms with van der Waals surface area (Å²) >= 11 is 0. The molecule has 0 bridgehead atoms. The number of hydrogen-bond acceptors (Lipinski definition) is 0. The summed E-state index contributed by atoms with van der Waals surface area (Å²) in [6, 6.07) is 0. The molecule has 0 unspecified atom stereocenters. The summed E-state index contributed by atoms with van der Waals surface area (Å²) in [5.41, 5.74) is 0. The topological polar surface area (TPSA) is 0 Å². The summed E-state index contributed by atoms with van der Waals surface area (Å²) in [5, 5.41) is 0. The molecule has 0 aliphatic carbocycles. The van der Waals surface area contributed by atoms with E-state index < -0.39 is 14.5 Å². The van der Waals surface area contributed by atoms with Crippen molar-refractivity contribution in [2.45, 2.75) is 0 Å². The van der Waals surface area contributed by atoms with E-state index in [1.54, 1.807) is 0 Å². The van der Waals surface area contributed by atoms with Crippen molar-refractivity contribution in [2.24, 2.45) is 0 Å². The molecule has 0 saturated heterocycles. The minimum atomic E-state index is -6.00. The summed E-state index contributed by atoms with van der Waals surface area (Å²) in [7, 11) is -12.0. The Bertz CT molecular complexity index is 55.1. The average Bonchev–Trinajstić information content (AvgIpc) is 1.12. The van der Waals surface area contributed by atoms with Crippen molar-refractivity contribution in [3.05, 3.63) is 0 Å². The minimum Gasteiger partial charge on any atom is -0.418 e. The molecule has 0 aliphatic rings. The Balaban J connectivity index is -0.000000107. The van der Waals surface area contributed by atoms with Gasteiger partial charge in [-0.3, -0.25) is 0 Å². The molecular formula is H4B2F8S. The first-order chi connectivity index (χ1) is 4.00. The fourth-order valence-corrected chi connectivity index (χ4v) is 0. The third-order valence-corrected chi connectivity index (χ3v) is 0. The van der Waals surface area contributed by atoms with Gasteiger partial charge in [0.1, 0.15) is 0 Å². The highest BCUT2D eigenvalue weighted by Gasteiger charge is 2.21. The van der Waals surface area contributed by atoms with Crippen LogP contribution in [0.1, 0.15) is 0 Å². The van der Waals surface area contributed by atoms with Gasteiger partial charge in [0.15, 0.2) is 0 Å². The van der Waals surface area contributed by atoms with Crippen molar-refractivity contribution < 1.29 is 34.5 Å². The van der Waals surface area contributed by atoms with Gasteiger partial charge >= 0.3 is 14.5 Å². The van der Waals surface area contributed by atoms with Crippen LogP contribution in [0, 0.1) is 0 Å². The van der Waals surface area contributed by atoms with Crippen molar-refractivity contribution in [2.75, 3.05) is 0 Å². The molecule has 0 radical (unpaired) electrons. The Hall–Kier alpha value is -0.0801. The van der Waals surface area contributed by atoms with Gasteiger partial charge in [0.2, 0.25) is 0 Å².